The predicted molar refractivity (Wildman–Crippen MR) is 75.2 cm³/mol. The van der Waals surface area contributed by atoms with Crippen molar-refractivity contribution in [1.29, 1.82) is 0 Å². The highest BCUT2D eigenvalue weighted by Gasteiger charge is 2.14. The van der Waals surface area contributed by atoms with Gasteiger partial charge in [0.15, 0.2) is 5.78 Å². The molecule has 1 aromatic carbocycles. The normalized spacial score (nSPS) is 11.3. The van der Waals surface area contributed by atoms with E-state index in [1.165, 1.54) is 11.9 Å². The third kappa shape index (κ3) is 3.47. The number of benzene rings is 1. The molecule has 0 saturated carbocycles. The molecule has 1 heterocycles. The zero-order valence-electron chi connectivity index (χ0n) is 11.6. The fourth-order valence-corrected chi connectivity index (χ4v) is 1.85. The number of carbonyl (C=O) groups is 1. The number of aromatic nitrogens is 2. The molecule has 0 unspecified atom stereocenters. The summed E-state index contributed by atoms with van der Waals surface area (Å²) in [4.78, 5) is 19.8. The Balaban J connectivity index is 2.10. The van der Waals surface area contributed by atoms with E-state index in [-0.39, 0.29) is 11.2 Å². The van der Waals surface area contributed by atoms with E-state index in [2.05, 4.69) is 42.9 Å². The monoisotopic (exact) mass is 254 g/mol. The van der Waals surface area contributed by atoms with E-state index in [9.17, 15) is 4.79 Å². The van der Waals surface area contributed by atoms with Gasteiger partial charge >= 0.3 is 0 Å². The summed E-state index contributed by atoms with van der Waals surface area (Å²) in [5.74, 6) is 0.0194. The quantitative estimate of drug-likeness (QED) is 0.790. The lowest BCUT2D eigenvalue weighted by Gasteiger charge is -2.19. The first-order valence-electron chi connectivity index (χ1n) is 6.35. The molecule has 0 atom stereocenters. The second-order valence-corrected chi connectivity index (χ2v) is 5.64. The Bertz CT molecular complexity index is 554. The fourth-order valence-electron chi connectivity index (χ4n) is 1.85. The lowest BCUT2D eigenvalue weighted by Crippen LogP contribution is -2.11. The van der Waals surface area contributed by atoms with Gasteiger partial charge in [-0.15, -0.1) is 0 Å². The minimum Gasteiger partial charge on any atom is -0.292 e. The van der Waals surface area contributed by atoms with Gasteiger partial charge in [-0.05, 0) is 22.6 Å². The van der Waals surface area contributed by atoms with Crippen LogP contribution in [0.4, 0.5) is 0 Å². The van der Waals surface area contributed by atoms with Crippen LogP contribution in [0, 0.1) is 0 Å². The Morgan fingerprint density at radius 2 is 1.79 bits per heavy atom. The molecule has 0 aliphatic carbocycles. The molecule has 0 radical (unpaired) electrons. The standard InChI is InChI=1S/C16H18N2O/c1-16(2,3)13-6-4-12(5-7-13)10-15(19)14-8-9-17-11-18-14/h4-9,11H,10H2,1-3H3. The molecule has 2 aromatic rings. The van der Waals surface area contributed by atoms with Crippen LogP contribution in [0.25, 0.3) is 0 Å². The summed E-state index contributed by atoms with van der Waals surface area (Å²) in [6, 6.07) is 9.84. The van der Waals surface area contributed by atoms with Crippen molar-refractivity contribution >= 4 is 5.78 Å². The number of ketones is 1. The summed E-state index contributed by atoms with van der Waals surface area (Å²) >= 11 is 0. The van der Waals surface area contributed by atoms with Gasteiger partial charge in [0.2, 0.25) is 0 Å². The maximum absolute atomic E-state index is 12.0. The molecule has 0 N–H and O–H groups in total. The van der Waals surface area contributed by atoms with Crippen LogP contribution in [0.5, 0.6) is 0 Å². The van der Waals surface area contributed by atoms with Crippen LogP contribution in [0.15, 0.2) is 42.9 Å². The molecule has 0 bridgehead atoms. The number of carbonyl (C=O) groups excluding carboxylic acids is 1. The van der Waals surface area contributed by atoms with Gasteiger partial charge < -0.3 is 0 Å². The average molecular weight is 254 g/mol. The van der Waals surface area contributed by atoms with Crippen LogP contribution in [0.2, 0.25) is 0 Å². The van der Waals surface area contributed by atoms with Gasteiger partial charge in [-0.3, -0.25) is 4.79 Å². The van der Waals surface area contributed by atoms with E-state index in [1.807, 2.05) is 12.1 Å². The van der Waals surface area contributed by atoms with Crippen LogP contribution in [-0.4, -0.2) is 15.8 Å². The average Bonchev–Trinajstić information content (AvgIpc) is 2.39. The summed E-state index contributed by atoms with van der Waals surface area (Å²) in [7, 11) is 0. The fraction of sp³-hybridized carbons (Fsp3) is 0.312. The number of Topliss-reactive ketones (excluding diaryl/α,β-unsaturated/α-hetero) is 1. The van der Waals surface area contributed by atoms with Crippen molar-refractivity contribution in [2.24, 2.45) is 0 Å². The molecule has 1 aromatic heterocycles. The Morgan fingerprint density at radius 3 is 2.32 bits per heavy atom. The highest BCUT2D eigenvalue weighted by molar-refractivity contribution is 5.95. The molecule has 0 aliphatic heterocycles. The van der Waals surface area contributed by atoms with Crippen molar-refractivity contribution in [3.63, 3.8) is 0 Å². The molecule has 19 heavy (non-hydrogen) atoms. The maximum Gasteiger partial charge on any atom is 0.185 e. The molecular formula is C16H18N2O. The van der Waals surface area contributed by atoms with E-state index in [4.69, 9.17) is 0 Å². The molecule has 3 nitrogen and oxygen atoms in total. The van der Waals surface area contributed by atoms with Gasteiger partial charge in [0.25, 0.3) is 0 Å². The lowest BCUT2D eigenvalue weighted by atomic mass is 9.86. The third-order valence-electron chi connectivity index (χ3n) is 3.05. The molecule has 98 valence electrons. The van der Waals surface area contributed by atoms with Crippen LogP contribution in [0.1, 0.15) is 42.4 Å². The van der Waals surface area contributed by atoms with E-state index in [0.29, 0.717) is 12.1 Å². The molecule has 3 heteroatoms. The Morgan fingerprint density at radius 1 is 1.11 bits per heavy atom. The summed E-state index contributed by atoms with van der Waals surface area (Å²) < 4.78 is 0. The first kappa shape index (κ1) is 13.4. The molecule has 0 fully saturated rings. The van der Waals surface area contributed by atoms with Crippen molar-refractivity contribution < 1.29 is 4.79 Å². The minimum absolute atomic E-state index is 0.0194. The van der Waals surface area contributed by atoms with Gasteiger partial charge in [-0.2, -0.15) is 0 Å². The Hall–Kier alpha value is -2.03. The summed E-state index contributed by atoms with van der Waals surface area (Å²) in [6.07, 6.45) is 3.36. The summed E-state index contributed by atoms with van der Waals surface area (Å²) in [6.45, 7) is 6.52. The molecule has 0 aliphatic rings. The second kappa shape index (κ2) is 5.31. The van der Waals surface area contributed by atoms with Gasteiger partial charge in [0.05, 0.1) is 0 Å². The van der Waals surface area contributed by atoms with Crippen LogP contribution in [0.3, 0.4) is 0 Å². The molecule has 0 amide bonds. The van der Waals surface area contributed by atoms with Crippen molar-refractivity contribution in [2.45, 2.75) is 32.6 Å². The number of nitrogens with zero attached hydrogens (tertiary/aromatic N) is 2. The van der Waals surface area contributed by atoms with Gasteiger partial charge in [-0.25, -0.2) is 9.97 Å². The first-order chi connectivity index (χ1) is 8.97. The van der Waals surface area contributed by atoms with E-state index >= 15 is 0 Å². The van der Waals surface area contributed by atoms with E-state index in [1.54, 1.807) is 12.3 Å². The van der Waals surface area contributed by atoms with Gasteiger partial charge in [0.1, 0.15) is 12.0 Å². The SMILES string of the molecule is CC(C)(C)c1ccc(CC(=O)c2ccncn2)cc1. The summed E-state index contributed by atoms with van der Waals surface area (Å²) in [5.41, 5.74) is 2.88. The molecule has 0 spiro atoms. The maximum atomic E-state index is 12.0. The van der Waals surface area contributed by atoms with Crippen molar-refractivity contribution in [3.05, 3.63) is 59.7 Å². The largest absolute Gasteiger partial charge is 0.292 e. The second-order valence-electron chi connectivity index (χ2n) is 5.64. The van der Waals surface area contributed by atoms with E-state index < -0.39 is 0 Å². The smallest absolute Gasteiger partial charge is 0.185 e. The molecule has 2 rings (SSSR count). The van der Waals surface area contributed by atoms with E-state index in [0.717, 1.165) is 5.56 Å². The van der Waals surface area contributed by atoms with Crippen molar-refractivity contribution in [2.75, 3.05) is 0 Å². The Kier molecular flexibility index (Phi) is 3.74. The number of rotatable bonds is 3. The van der Waals surface area contributed by atoms with Crippen LogP contribution < -0.4 is 0 Å². The van der Waals surface area contributed by atoms with Crippen LogP contribution in [-0.2, 0) is 11.8 Å². The zero-order chi connectivity index (χ0) is 13.9. The highest BCUT2D eigenvalue weighted by Crippen LogP contribution is 2.22. The zero-order valence-corrected chi connectivity index (χ0v) is 11.6. The summed E-state index contributed by atoms with van der Waals surface area (Å²) in [5, 5.41) is 0. The van der Waals surface area contributed by atoms with Crippen molar-refractivity contribution in [1.82, 2.24) is 9.97 Å². The van der Waals surface area contributed by atoms with Crippen molar-refractivity contribution in [3.8, 4) is 0 Å². The molecular weight excluding hydrogens is 236 g/mol. The minimum atomic E-state index is 0.0194. The number of hydrogen-bond donors (Lipinski definition) is 0. The van der Waals surface area contributed by atoms with Crippen LogP contribution >= 0.6 is 0 Å². The predicted octanol–water partition coefficient (Wildman–Crippen LogP) is 3.20. The van der Waals surface area contributed by atoms with Gasteiger partial charge in [-0.1, -0.05) is 45.0 Å². The highest BCUT2D eigenvalue weighted by atomic mass is 16.1. The molecule has 0 saturated heterocycles. The number of hydrogen-bond acceptors (Lipinski definition) is 3. The topological polar surface area (TPSA) is 42.9 Å². The lowest BCUT2D eigenvalue weighted by molar-refractivity contribution is 0.0988. The first-order valence-corrected chi connectivity index (χ1v) is 6.35. The Labute approximate surface area is 113 Å². The van der Waals surface area contributed by atoms with Gasteiger partial charge in [0, 0.05) is 12.6 Å². The third-order valence-corrected chi connectivity index (χ3v) is 3.05.